The summed E-state index contributed by atoms with van der Waals surface area (Å²) in [6.45, 7) is 4.14. The van der Waals surface area contributed by atoms with E-state index < -0.39 is 11.2 Å². The lowest BCUT2D eigenvalue weighted by atomic mass is 10.0. The van der Waals surface area contributed by atoms with E-state index in [9.17, 15) is 9.59 Å². The van der Waals surface area contributed by atoms with E-state index in [2.05, 4.69) is 17.8 Å². The fourth-order valence-electron chi connectivity index (χ4n) is 2.34. The number of ether oxygens (including phenoxy) is 1. The highest BCUT2D eigenvalue weighted by molar-refractivity contribution is 5.26. The Morgan fingerprint density at radius 2 is 2.33 bits per heavy atom. The number of hydrogen-bond acceptors (Lipinski definition) is 3. The summed E-state index contributed by atoms with van der Waals surface area (Å²) in [5, 5.41) is 0. The van der Waals surface area contributed by atoms with Gasteiger partial charge in [-0.1, -0.05) is 19.8 Å². The molecular weight excluding hydrogens is 232 g/mol. The van der Waals surface area contributed by atoms with Crippen LogP contribution in [0, 0.1) is 18.3 Å². The summed E-state index contributed by atoms with van der Waals surface area (Å²) in [6, 6.07) is 0. The highest BCUT2D eigenvalue weighted by Crippen LogP contribution is 2.33. The second-order valence-corrected chi connectivity index (χ2v) is 4.60. The molecule has 0 saturated carbocycles. The number of nitrogens with one attached hydrogen (secondary N) is 1. The van der Waals surface area contributed by atoms with Gasteiger partial charge in [0.15, 0.2) is 0 Å². The number of terminal acetylenes is 1. The zero-order valence-corrected chi connectivity index (χ0v) is 10.5. The lowest BCUT2D eigenvalue weighted by Crippen LogP contribution is -2.33. The molecule has 2 heterocycles. The first-order chi connectivity index (χ1) is 8.56. The largest absolute Gasteiger partial charge is 0.354 e. The molecule has 1 N–H and O–H groups in total. The molecule has 1 aliphatic heterocycles. The molecule has 5 nitrogen and oxygen atoms in total. The molecule has 1 aromatic rings. The molecule has 0 radical (unpaired) electrons. The van der Waals surface area contributed by atoms with Crippen LogP contribution in [0.15, 0.2) is 15.8 Å². The van der Waals surface area contributed by atoms with Gasteiger partial charge in [-0.3, -0.25) is 14.3 Å². The van der Waals surface area contributed by atoms with Crippen LogP contribution in [0.5, 0.6) is 0 Å². The summed E-state index contributed by atoms with van der Waals surface area (Å²) >= 11 is 0. The topological polar surface area (TPSA) is 64.1 Å². The standard InChI is InChI=1S/C13H16N2O3/c1-4-9-7-15(13(17)14-12(9)16)11-6-8(3)10(5-2)18-11/h1,7-8,10-11H,5-6H2,2-3H3,(H,14,16,17)/t8-,10-,11-/m1/s1. The van der Waals surface area contributed by atoms with Crippen LogP contribution in [0.4, 0.5) is 0 Å². The summed E-state index contributed by atoms with van der Waals surface area (Å²) in [4.78, 5) is 25.3. The van der Waals surface area contributed by atoms with Gasteiger partial charge in [-0.25, -0.2) is 4.79 Å². The van der Waals surface area contributed by atoms with Crippen molar-refractivity contribution < 1.29 is 4.74 Å². The summed E-state index contributed by atoms with van der Waals surface area (Å²) in [7, 11) is 0. The molecule has 1 aliphatic rings. The summed E-state index contributed by atoms with van der Waals surface area (Å²) < 4.78 is 7.18. The van der Waals surface area contributed by atoms with Gasteiger partial charge in [0.05, 0.1) is 6.10 Å². The minimum Gasteiger partial charge on any atom is -0.354 e. The maximum atomic E-state index is 11.8. The highest BCUT2D eigenvalue weighted by atomic mass is 16.5. The lowest BCUT2D eigenvalue weighted by Gasteiger charge is -2.15. The van der Waals surface area contributed by atoms with Crippen molar-refractivity contribution in [3.63, 3.8) is 0 Å². The molecule has 2 rings (SSSR count). The number of aromatic nitrogens is 2. The minimum atomic E-state index is -0.531. The molecule has 5 heteroatoms. The summed E-state index contributed by atoms with van der Waals surface area (Å²) in [5.41, 5.74) is -0.865. The van der Waals surface area contributed by atoms with E-state index in [1.165, 1.54) is 10.8 Å². The lowest BCUT2D eigenvalue weighted by molar-refractivity contribution is -0.00762. The fourth-order valence-corrected chi connectivity index (χ4v) is 2.34. The van der Waals surface area contributed by atoms with Crippen molar-refractivity contribution in [3.05, 3.63) is 32.6 Å². The van der Waals surface area contributed by atoms with Gasteiger partial charge in [-0.15, -0.1) is 6.42 Å². The average Bonchev–Trinajstić information content (AvgIpc) is 2.70. The van der Waals surface area contributed by atoms with E-state index in [4.69, 9.17) is 11.2 Å². The molecule has 3 atom stereocenters. The third-order valence-electron chi connectivity index (χ3n) is 3.38. The van der Waals surface area contributed by atoms with Crippen molar-refractivity contribution in [3.8, 4) is 12.3 Å². The van der Waals surface area contributed by atoms with Crippen molar-refractivity contribution in [1.29, 1.82) is 0 Å². The van der Waals surface area contributed by atoms with Crippen LogP contribution >= 0.6 is 0 Å². The van der Waals surface area contributed by atoms with Gasteiger partial charge in [-0.05, 0) is 18.8 Å². The quantitative estimate of drug-likeness (QED) is 0.789. The van der Waals surface area contributed by atoms with Crippen LogP contribution in [0.25, 0.3) is 0 Å². The molecule has 1 fully saturated rings. The number of rotatable bonds is 2. The van der Waals surface area contributed by atoms with Gasteiger partial charge in [0.2, 0.25) is 0 Å². The van der Waals surface area contributed by atoms with Crippen molar-refractivity contribution in [2.45, 2.75) is 39.0 Å². The van der Waals surface area contributed by atoms with Gasteiger partial charge in [-0.2, -0.15) is 0 Å². The molecule has 96 valence electrons. The van der Waals surface area contributed by atoms with Crippen LogP contribution in [-0.4, -0.2) is 15.7 Å². The molecule has 1 aromatic heterocycles. The van der Waals surface area contributed by atoms with Crippen molar-refractivity contribution in [2.75, 3.05) is 0 Å². The maximum Gasteiger partial charge on any atom is 0.330 e. The predicted molar refractivity (Wildman–Crippen MR) is 67.2 cm³/mol. The molecule has 1 saturated heterocycles. The maximum absolute atomic E-state index is 11.8. The minimum absolute atomic E-state index is 0.142. The molecule has 0 spiro atoms. The Bertz CT molecular complexity index is 593. The Morgan fingerprint density at radius 3 is 2.89 bits per heavy atom. The van der Waals surface area contributed by atoms with Crippen LogP contribution in [-0.2, 0) is 4.74 Å². The van der Waals surface area contributed by atoms with E-state index in [0.29, 0.717) is 5.92 Å². The van der Waals surface area contributed by atoms with Crippen LogP contribution in [0.1, 0.15) is 38.5 Å². The molecule has 18 heavy (non-hydrogen) atoms. The second kappa shape index (κ2) is 4.83. The normalized spacial score (nSPS) is 27.1. The highest BCUT2D eigenvalue weighted by Gasteiger charge is 2.32. The second-order valence-electron chi connectivity index (χ2n) is 4.60. The first kappa shape index (κ1) is 12.7. The predicted octanol–water partition coefficient (Wildman–Crippen LogP) is 0.851. The average molecular weight is 248 g/mol. The molecule has 0 aromatic carbocycles. The Kier molecular flexibility index (Phi) is 3.39. The van der Waals surface area contributed by atoms with E-state index in [1.54, 1.807) is 0 Å². The summed E-state index contributed by atoms with van der Waals surface area (Å²) in [5.74, 6) is 2.65. The van der Waals surface area contributed by atoms with Crippen LogP contribution < -0.4 is 11.2 Å². The first-order valence-electron chi connectivity index (χ1n) is 6.04. The number of H-pyrrole nitrogens is 1. The van der Waals surface area contributed by atoms with Crippen LogP contribution in [0.2, 0.25) is 0 Å². The Hall–Kier alpha value is -1.80. The third-order valence-corrected chi connectivity index (χ3v) is 3.38. The Morgan fingerprint density at radius 1 is 1.61 bits per heavy atom. The number of hydrogen-bond donors (Lipinski definition) is 1. The number of nitrogens with zero attached hydrogens (tertiary/aromatic N) is 1. The number of aromatic amines is 1. The van der Waals surface area contributed by atoms with Gasteiger partial charge < -0.3 is 4.74 Å². The van der Waals surface area contributed by atoms with Gasteiger partial charge in [0.1, 0.15) is 11.8 Å². The van der Waals surface area contributed by atoms with Crippen molar-refractivity contribution >= 4 is 0 Å². The zero-order valence-electron chi connectivity index (χ0n) is 10.5. The Balaban J connectivity index is 2.39. The van der Waals surface area contributed by atoms with Crippen molar-refractivity contribution in [2.24, 2.45) is 5.92 Å². The molecule has 0 aliphatic carbocycles. The van der Waals surface area contributed by atoms with Gasteiger partial charge in [0.25, 0.3) is 5.56 Å². The first-order valence-corrected chi connectivity index (χ1v) is 6.04. The van der Waals surface area contributed by atoms with Gasteiger partial charge >= 0.3 is 5.69 Å². The molecular formula is C13H16N2O3. The molecule has 0 bridgehead atoms. The fraction of sp³-hybridized carbons (Fsp3) is 0.538. The smallest absolute Gasteiger partial charge is 0.330 e. The summed E-state index contributed by atoms with van der Waals surface area (Å²) in [6.07, 6.45) is 8.06. The molecule has 0 unspecified atom stereocenters. The zero-order chi connectivity index (χ0) is 13.3. The van der Waals surface area contributed by atoms with E-state index >= 15 is 0 Å². The van der Waals surface area contributed by atoms with Gasteiger partial charge in [0, 0.05) is 6.20 Å². The van der Waals surface area contributed by atoms with E-state index in [1.807, 2.05) is 6.92 Å². The van der Waals surface area contributed by atoms with Crippen molar-refractivity contribution in [1.82, 2.24) is 9.55 Å². The Labute approximate surface area is 105 Å². The monoisotopic (exact) mass is 248 g/mol. The third kappa shape index (κ3) is 2.12. The van der Waals surface area contributed by atoms with E-state index in [0.717, 1.165) is 12.8 Å². The molecule has 0 amide bonds. The van der Waals surface area contributed by atoms with Crippen LogP contribution in [0.3, 0.4) is 0 Å². The SMILES string of the molecule is C#Cc1cn([C@H]2C[C@@H](C)[C@@H](CC)O2)c(=O)[nH]c1=O. The van der Waals surface area contributed by atoms with E-state index in [-0.39, 0.29) is 17.9 Å².